The van der Waals surface area contributed by atoms with Crippen molar-refractivity contribution in [1.29, 1.82) is 15.8 Å². The first-order chi connectivity index (χ1) is 13.5. The fourth-order valence-corrected chi connectivity index (χ4v) is 3.96. The van der Waals surface area contributed by atoms with E-state index in [1.165, 1.54) is 0 Å². The molecule has 0 heterocycles. The zero-order valence-corrected chi connectivity index (χ0v) is 14.7. The van der Waals surface area contributed by atoms with E-state index in [1.54, 1.807) is 60.7 Å². The summed E-state index contributed by atoms with van der Waals surface area (Å²) < 4.78 is 0. The fourth-order valence-electron chi connectivity index (χ4n) is 3.96. The maximum atomic E-state index is 12.2. The molecule has 28 heavy (non-hydrogen) atoms. The Kier molecular flexibility index (Phi) is 4.81. The molecule has 0 saturated heterocycles. The number of nitro groups is 1. The predicted molar refractivity (Wildman–Crippen MR) is 99.6 cm³/mol. The standard InChI is InChI=1S/C21H15N5O2/c22-11-16-17(14-7-3-1-4-8-14)19(26(27)28)18(15-9-5-2-6-10-15)21(12-23,13-24)20(16)25/h1-10,17-19H,25H2/t17-,18+,19+/m0/s1. The minimum absolute atomic E-state index is 0.108. The summed E-state index contributed by atoms with van der Waals surface area (Å²) in [5.41, 5.74) is 4.84. The lowest BCUT2D eigenvalue weighted by Gasteiger charge is -2.40. The van der Waals surface area contributed by atoms with Crippen molar-refractivity contribution in [3.8, 4) is 18.2 Å². The van der Waals surface area contributed by atoms with Gasteiger partial charge in [0.05, 0.1) is 41.3 Å². The maximum Gasteiger partial charge on any atom is 0.234 e. The van der Waals surface area contributed by atoms with Crippen molar-refractivity contribution in [3.63, 3.8) is 0 Å². The molecule has 0 aromatic heterocycles. The SMILES string of the molecule is N#CC1=C(N)C(C#N)(C#N)[C@H](c2ccccc2)[C@H]([N+](=O)[O-])[C@H]1c1ccccc1. The van der Waals surface area contributed by atoms with Crippen LogP contribution in [0.5, 0.6) is 0 Å². The molecule has 0 saturated carbocycles. The molecule has 7 heteroatoms. The van der Waals surface area contributed by atoms with E-state index in [0.717, 1.165) is 0 Å². The molecule has 0 amide bonds. The normalized spacial score (nSPS) is 23.1. The third-order valence-electron chi connectivity index (χ3n) is 5.21. The minimum atomic E-state index is -2.02. The molecule has 2 N–H and O–H groups in total. The molecular formula is C21H15N5O2. The van der Waals surface area contributed by atoms with Crippen molar-refractivity contribution in [1.82, 2.24) is 0 Å². The highest BCUT2D eigenvalue weighted by Crippen LogP contribution is 2.53. The van der Waals surface area contributed by atoms with Crippen LogP contribution >= 0.6 is 0 Å². The Balaban J connectivity index is 2.42. The van der Waals surface area contributed by atoms with Crippen LogP contribution in [0.1, 0.15) is 23.0 Å². The molecule has 7 nitrogen and oxygen atoms in total. The lowest BCUT2D eigenvalue weighted by atomic mass is 9.58. The molecule has 0 fully saturated rings. The van der Waals surface area contributed by atoms with Crippen LogP contribution in [0.4, 0.5) is 0 Å². The summed E-state index contributed by atoms with van der Waals surface area (Å²) >= 11 is 0. The van der Waals surface area contributed by atoms with Crippen LogP contribution in [0.2, 0.25) is 0 Å². The molecule has 0 radical (unpaired) electrons. The monoisotopic (exact) mass is 369 g/mol. The Morgan fingerprint density at radius 2 is 1.43 bits per heavy atom. The van der Waals surface area contributed by atoms with Crippen LogP contribution in [0.25, 0.3) is 0 Å². The molecule has 0 unspecified atom stereocenters. The Morgan fingerprint density at radius 1 is 0.929 bits per heavy atom. The second kappa shape index (κ2) is 7.23. The summed E-state index contributed by atoms with van der Waals surface area (Å²) in [6.07, 6.45) is 0. The van der Waals surface area contributed by atoms with Crippen molar-refractivity contribution in [2.24, 2.45) is 11.1 Å². The Morgan fingerprint density at radius 3 is 1.86 bits per heavy atom. The molecule has 0 spiro atoms. The average molecular weight is 369 g/mol. The van der Waals surface area contributed by atoms with Gasteiger partial charge in [0.25, 0.3) is 0 Å². The van der Waals surface area contributed by atoms with Crippen LogP contribution in [-0.4, -0.2) is 11.0 Å². The summed E-state index contributed by atoms with van der Waals surface area (Å²) in [4.78, 5) is 11.7. The van der Waals surface area contributed by atoms with Crippen molar-refractivity contribution in [3.05, 3.63) is 93.2 Å². The van der Waals surface area contributed by atoms with E-state index < -0.39 is 28.2 Å². The molecule has 0 aliphatic heterocycles. The van der Waals surface area contributed by atoms with Crippen LogP contribution in [0, 0.1) is 49.5 Å². The van der Waals surface area contributed by atoms with Gasteiger partial charge in [-0.2, -0.15) is 15.8 Å². The lowest BCUT2D eigenvalue weighted by Crippen LogP contribution is -2.50. The van der Waals surface area contributed by atoms with Gasteiger partial charge >= 0.3 is 0 Å². The zero-order valence-electron chi connectivity index (χ0n) is 14.7. The second-order valence-corrected chi connectivity index (χ2v) is 6.52. The van der Waals surface area contributed by atoms with E-state index in [1.807, 2.05) is 18.2 Å². The quantitative estimate of drug-likeness (QED) is 0.651. The van der Waals surface area contributed by atoms with Gasteiger partial charge < -0.3 is 5.73 Å². The van der Waals surface area contributed by atoms with Gasteiger partial charge in [0.2, 0.25) is 6.04 Å². The molecule has 3 atom stereocenters. The van der Waals surface area contributed by atoms with E-state index in [9.17, 15) is 25.9 Å². The Bertz CT molecular complexity index is 1040. The van der Waals surface area contributed by atoms with Gasteiger partial charge in [-0.25, -0.2) is 0 Å². The summed E-state index contributed by atoms with van der Waals surface area (Å²) in [7, 11) is 0. The molecule has 3 rings (SSSR count). The lowest BCUT2D eigenvalue weighted by molar-refractivity contribution is -0.532. The molecule has 2 aromatic rings. The third kappa shape index (κ3) is 2.65. The number of hydrogen-bond acceptors (Lipinski definition) is 6. The zero-order chi connectivity index (χ0) is 20.3. The highest BCUT2D eigenvalue weighted by molar-refractivity contribution is 5.54. The van der Waals surface area contributed by atoms with Crippen LogP contribution in [0.3, 0.4) is 0 Å². The number of nitrogens with two attached hydrogens (primary N) is 1. The second-order valence-electron chi connectivity index (χ2n) is 6.52. The number of hydrogen-bond donors (Lipinski definition) is 1. The number of nitriles is 3. The molecule has 1 aliphatic rings. The average Bonchev–Trinajstić information content (AvgIpc) is 2.74. The Labute approximate surface area is 161 Å². The van der Waals surface area contributed by atoms with Crippen LogP contribution in [-0.2, 0) is 0 Å². The summed E-state index contributed by atoms with van der Waals surface area (Å²) in [6.45, 7) is 0. The highest BCUT2D eigenvalue weighted by Gasteiger charge is 2.60. The molecule has 1 aliphatic carbocycles. The predicted octanol–water partition coefficient (Wildman–Crippen LogP) is 2.98. The van der Waals surface area contributed by atoms with E-state index in [0.29, 0.717) is 11.1 Å². The molecular weight excluding hydrogens is 354 g/mol. The summed E-state index contributed by atoms with van der Waals surface area (Å²) in [6, 6.07) is 21.2. The van der Waals surface area contributed by atoms with Gasteiger partial charge in [0.1, 0.15) is 0 Å². The number of allylic oxidation sites excluding steroid dienone is 1. The topological polar surface area (TPSA) is 141 Å². The van der Waals surface area contributed by atoms with Crippen molar-refractivity contribution in [2.75, 3.05) is 0 Å². The van der Waals surface area contributed by atoms with E-state index in [2.05, 4.69) is 0 Å². The van der Waals surface area contributed by atoms with Crippen molar-refractivity contribution >= 4 is 0 Å². The Hall–Kier alpha value is -4.15. The largest absolute Gasteiger partial charge is 0.399 e. The van der Waals surface area contributed by atoms with Crippen molar-refractivity contribution < 1.29 is 4.92 Å². The van der Waals surface area contributed by atoms with Gasteiger partial charge in [-0.05, 0) is 11.1 Å². The van der Waals surface area contributed by atoms with Crippen LogP contribution < -0.4 is 5.73 Å². The maximum absolute atomic E-state index is 12.2. The number of rotatable bonds is 3. The number of nitrogens with zero attached hydrogens (tertiary/aromatic N) is 4. The molecule has 0 bridgehead atoms. The van der Waals surface area contributed by atoms with Gasteiger partial charge in [-0.15, -0.1) is 0 Å². The van der Waals surface area contributed by atoms with Gasteiger partial charge in [0, 0.05) is 4.92 Å². The van der Waals surface area contributed by atoms with Gasteiger partial charge in [-0.1, -0.05) is 60.7 Å². The van der Waals surface area contributed by atoms with E-state index in [-0.39, 0.29) is 11.3 Å². The summed E-state index contributed by atoms with van der Waals surface area (Å²) in [5, 5.41) is 41.8. The first kappa shape index (κ1) is 18.6. The summed E-state index contributed by atoms with van der Waals surface area (Å²) in [5.74, 6) is -2.11. The third-order valence-corrected chi connectivity index (χ3v) is 5.21. The van der Waals surface area contributed by atoms with E-state index in [4.69, 9.17) is 5.73 Å². The van der Waals surface area contributed by atoms with Crippen LogP contribution in [0.15, 0.2) is 71.9 Å². The highest BCUT2D eigenvalue weighted by atomic mass is 16.6. The van der Waals surface area contributed by atoms with Gasteiger partial charge in [-0.3, -0.25) is 10.1 Å². The smallest absolute Gasteiger partial charge is 0.234 e. The van der Waals surface area contributed by atoms with Gasteiger partial charge in [0.15, 0.2) is 5.41 Å². The fraction of sp³-hybridized carbons (Fsp3) is 0.190. The molecule has 136 valence electrons. The minimum Gasteiger partial charge on any atom is -0.399 e. The first-order valence-electron chi connectivity index (χ1n) is 8.48. The number of benzene rings is 2. The van der Waals surface area contributed by atoms with Crippen molar-refractivity contribution in [2.45, 2.75) is 17.9 Å². The molecule has 2 aromatic carbocycles. The first-order valence-corrected chi connectivity index (χ1v) is 8.48. The van der Waals surface area contributed by atoms with E-state index >= 15 is 0 Å².